The zero-order valence-corrected chi connectivity index (χ0v) is 15.2. The van der Waals surface area contributed by atoms with Gasteiger partial charge < -0.3 is 9.73 Å². The quantitative estimate of drug-likeness (QED) is 0.664. The fourth-order valence-corrected chi connectivity index (χ4v) is 2.87. The van der Waals surface area contributed by atoms with Crippen molar-refractivity contribution >= 4 is 5.91 Å². The van der Waals surface area contributed by atoms with Crippen LogP contribution in [-0.2, 0) is 11.2 Å². The van der Waals surface area contributed by atoms with Crippen molar-refractivity contribution in [2.24, 2.45) is 0 Å². The smallest absolute Gasteiger partial charge is 0.220 e. The molecule has 1 heterocycles. The van der Waals surface area contributed by atoms with Gasteiger partial charge in [-0.2, -0.15) is 0 Å². The Kier molecular flexibility index (Phi) is 5.84. The average Bonchev–Trinajstić information content (AvgIpc) is 3.15. The molecule has 26 heavy (non-hydrogen) atoms. The minimum absolute atomic E-state index is 0.0110. The molecule has 0 spiro atoms. The van der Waals surface area contributed by atoms with Gasteiger partial charge in [0.15, 0.2) is 11.7 Å². The van der Waals surface area contributed by atoms with Crippen molar-refractivity contribution in [2.75, 3.05) is 0 Å². The predicted octanol–water partition coefficient (Wildman–Crippen LogP) is 4.85. The van der Waals surface area contributed by atoms with Crippen LogP contribution in [0.4, 0.5) is 0 Å². The second-order valence-electron chi connectivity index (χ2n) is 6.42. The second kappa shape index (κ2) is 8.48. The Morgan fingerprint density at radius 3 is 2.54 bits per heavy atom. The van der Waals surface area contributed by atoms with Crippen LogP contribution >= 0.6 is 0 Å². The molecule has 0 radical (unpaired) electrons. The summed E-state index contributed by atoms with van der Waals surface area (Å²) in [5.74, 6) is 1.33. The Labute approximate surface area is 154 Å². The highest BCUT2D eigenvalue weighted by Crippen LogP contribution is 2.21. The summed E-state index contributed by atoms with van der Waals surface area (Å²) in [6.45, 7) is 4.13. The molecule has 1 aromatic heterocycles. The van der Waals surface area contributed by atoms with E-state index < -0.39 is 0 Å². The molecule has 0 bridgehead atoms. The number of oxazole rings is 1. The summed E-state index contributed by atoms with van der Waals surface area (Å²) in [7, 11) is 0. The molecule has 1 N–H and O–H groups in total. The summed E-state index contributed by atoms with van der Waals surface area (Å²) in [5, 5.41) is 3.10. The number of rotatable bonds is 7. The van der Waals surface area contributed by atoms with Crippen LogP contribution in [-0.4, -0.2) is 10.9 Å². The van der Waals surface area contributed by atoms with E-state index in [2.05, 4.69) is 48.4 Å². The van der Waals surface area contributed by atoms with E-state index >= 15 is 0 Å². The topological polar surface area (TPSA) is 55.1 Å². The van der Waals surface area contributed by atoms with E-state index in [-0.39, 0.29) is 11.9 Å². The number of hydrogen-bond donors (Lipinski definition) is 1. The molecule has 0 saturated heterocycles. The molecule has 3 aromatic rings. The normalized spacial score (nSPS) is 11.9. The Morgan fingerprint density at radius 2 is 1.85 bits per heavy atom. The van der Waals surface area contributed by atoms with Crippen LogP contribution in [0.25, 0.3) is 11.3 Å². The third kappa shape index (κ3) is 4.60. The molecular formula is C22H24N2O2. The van der Waals surface area contributed by atoms with Crippen LogP contribution in [0.1, 0.15) is 42.8 Å². The number of amides is 1. The summed E-state index contributed by atoms with van der Waals surface area (Å²) < 4.78 is 5.76. The molecule has 0 fully saturated rings. The monoisotopic (exact) mass is 348 g/mol. The summed E-state index contributed by atoms with van der Waals surface area (Å²) >= 11 is 0. The number of nitrogens with one attached hydrogen (secondary N) is 1. The molecule has 134 valence electrons. The number of aromatic nitrogens is 1. The summed E-state index contributed by atoms with van der Waals surface area (Å²) in [5.41, 5.74) is 3.34. The van der Waals surface area contributed by atoms with E-state index in [9.17, 15) is 4.79 Å². The van der Waals surface area contributed by atoms with E-state index in [1.54, 1.807) is 6.20 Å². The maximum Gasteiger partial charge on any atom is 0.220 e. The van der Waals surface area contributed by atoms with Crippen molar-refractivity contribution in [2.45, 2.75) is 39.2 Å². The van der Waals surface area contributed by atoms with E-state index in [1.165, 1.54) is 5.56 Å². The predicted molar refractivity (Wildman–Crippen MR) is 103 cm³/mol. The lowest BCUT2D eigenvalue weighted by molar-refractivity contribution is -0.121. The zero-order chi connectivity index (χ0) is 18.4. The summed E-state index contributed by atoms with van der Waals surface area (Å²) in [6, 6.07) is 18.2. The minimum Gasteiger partial charge on any atom is -0.441 e. The van der Waals surface area contributed by atoms with E-state index in [0.717, 1.165) is 23.3 Å². The van der Waals surface area contributed by atoms with Crippen molar-refractivity contribution in [3.63, 3.8) is 0 Å². The lowest BCUT2D eigenvalue weighted by Crippen LogP contribution is -2.28. The van der Waals surface area contributed by atoms with Crippen LogP contribution in [0.5, 0.6) is 0 Å². The van der Waals surface area contributed by atoms with Crippen LogP contribution in [0.15, 0.2) is 65.2 Å². The highest BCUT2D eigenvalue weighted by molar-refractivity contribution is 5.76. The van der Waals surface area contributed by atoms with Crippen LogP contribution in [0, 0.1) is 6.92 Å². The Hall–Kier alpha value is -2.88. The standard InChI is InChI=1S/C22H24N2O2/c1-3-19(17-11-9-16(2)10-12-17)24-21(25)13-14-22-23-15-20(26-22)18-7-5-4-6-8-18/h4-12,15,19H,3,13-14H2,1-2H3,(H,24,25). The van der Waals surface area contributed by atoms with Crippen LogP contribution in [0.2, 0.25) is 0 Å². The lowest BCUT2D eigenvalue weighted by atomic mass is 10.0. The highest BCUT2D eigenvalue weighted by atomic mass is 16.4. The van der Waals surface area contributed by atoms with Crippen LogP contribution in [0.3, 0.4) is 0 Å². The van der Waals surface area contributed by atoms with E-state index in [4.69, 9.17) is 4.42 Å². The zero-order valence-electron chi connectivity index (χ0n) is 15.2. The SMILES string of the molecule is CCC(NC(=O)CCc1ncc(-c2ccccc2)o1)c1ccc(C)cc1. The van der Waals surface area contributed by atoms with E-state index in [1.807, 2.05) is 30.3 Å². The first-order valence-electron chi connectivity index (χ1n) is 9.01. The minimum atomic E-state index is 0.0110. The van der Waals surface area contributed by atoms with Crippen molar-refractivity contribution < 1.29 is 9.21 Å². The number of aryl methyl sites for hydroxylation is 2. The molecule has 1 atom stereocenters. The highest BCUT2D eigenvalue weighted by Gasteiger charge is 2.14. The van der Waals surface area contributed by atoms with Gasteiger partial charge in [0.1, 0.15) is 0 Å². The van der Waals surface area contributed by atoms with Crippen molar-refractivity contribution in [3.8, 4) is 11.3 Å². The van der Waals surface area contributed by atoms with Gasteiger partial charge in [0.05, 0.1) is 12.2 Å². The van der Waals surface area contributed by atoms with Gasteiger partial charge in [-0.05, 0) is 18.9 Å². The fraction of sp³-hybridized carbons (Fsp3) is 0.273. The van der Waals surface area contributed by atoms with E-state index in [0.29, 0.717) is 18.7 Å². The van der Waals surface area contributed by atoms with Gasteiger partial charge in [0.25, 0.3) is 0 Å². The maximum absolute atomic E-state index is 12.3. The van der Waals surface area contributed by atoms with Crippen molar-refractivity contribution in [3.05, 3.63) is 77.8 Å². The Balaban J connectivity index is 1.55. The molecule has 2 aromatic carbocycles. The molecule has 0 saturated carbocycles. The fourth-order valence-electron chi connectivity index (χ4n) is 2.87. The first kappa shape index (κ1) is 17.9. The Bertz CT molecular complexity index is 838. The molecule has 1 amide bonds. The first-order valence-corrected chi connectivity index (χ1v) is 9.01. The number of carbonyl (C=O) groups excluding carboxylic acids is 1. The van der Waals surface area contributed by atoms with Gasteiger partial charge in [-0.15, -0.1) is 0 Å². The molecule has 3 rings (SSSR count). The van der Waals surface area contributed by atoms with Crippen molar-refractivity contribution in [1.29, 1.82) is 0 Å². The van der Waals surface area contributed by atoms with Gasteiger partial charge in [-0.3, -0.25) is 4.79 Å². The van der Waals surface area contributed by atoms with Gasteiger partial charge in [0.2, 0.25) is 5.91 Å². The third-order valence-corrected chi connectivity index (χ3v) is 4.40. The van der Waals surface area contributed by atoms with Gasteiger partial charge in [0, 0.05) is 18.4 Å². The molecule has 0 aliphatic rings. The van der Waals surface area contributed by atoms with Gasteiger partial charge in [-0.1, -0.05) is 67.1 Å². The largest absolute Gasteiger partial charge is 0.441 e. The number of carbonyl (C=O) groups is 1. The first-order chi connectivity index (χ1) is 12.7. The third-order valence-electron chi connectivity index (χ3n) is 4.40. The number of benzene rings is 2. The molecule has 0 aliphatic heterocycles. The molecule has 0 aliphatic carbocycles. The van der Waals surface area contributed by atoms with Gasteiger partial charge in [-0.25, -0.2) is 4.98 Å². The van der Waals surface area contributed by atoms with Crippen molar-refractivity contribution in [1.82, 2.24) is 10.3 Å². The summed E-state index contributed by atoms with van der Waals surface area (Å²) in [6.07, 6.45) is 3.41. The summed E-state index contributed by atoms with van der Waals surface area (Å²) in [4.78, 5) is 16.6. The molecule has 4 heteroatoms. The molecular weight excluding hydrogens is 324 g/mol. The molecule has 1 unspecified atom stereocenters. The Morgan fingerprint density at radius 1 is 1.12 bits per heavy atom. The molecule has 4 nitrogen and oxygen atoms in total. The second-order valence-corrected chi connectivity index (χ2v) is 6.42. The van der Waals surface area contributed by atoms with Crippen LogP contribution < -0.4 is 5.32 Å². The maximum atomic E-state index is 12.3. The van der Waals surface area contributed by atoms with Gasteiger partial charge >= 0.3 is 0 Å². The average molecular weight is 348 g/mol. The lowest BCUT2D eigenvalue weighted by Gasteiger charge is -2.17. The number of nitrogens with zero attached hydrogens (tertiary/aromatic N) is 1. The number of hydrogen-bond acceptors (Lipinski definition) is 3.